The molecular formula is C13H11F3N2. The molecule has 2 aromatic carbocycles. The molecule has 94 valence electrons. The zero-order valence-corrected chi connectivity index (χ0v) is 9.60. The van der Waals surface area contributed by atoms with Gasteiger partial charge in [-0.15, -0.1) is 0 Å². The third kappa shape index (κ3) is 1.77. The minimum atomic E-state index is -1.29. The minimum absolute atomic E-state index is 0.110. The van der Waals surface area contributed by atoms with Crippen LogP contribution in [0.2, 0.25) is 0 Å². The average molecular weight is 252 g/mol. The van der Waals surface area contributed by atoms with Gasteiger partial charge in [0.1, 0.15) is 5.82 Å². The van der Waals surface area contributed by atoms with Gasteiger partial charge in [0.05, 0.1) is 11.3 Å². The first kappa shape index (κ1) is 12.3. The summed E-state index contributed by atoms with van der Waals surface area (Å²) in [7, 11) is 0. The molecule has 0 atom stereocenters. The van der Waals surface area contributed by atoms with E-state index in [1.165, 1.54) is 31.2 Å². The van der Waals surface area contributed by atoms with E-state index < -0.39 is 28.7 Å². The summed E-state index contributed by atoms with van der Waals surface area (Å²) < 4.78 is 41.2. The monoisotopic (exact) mass is 252 g/mol. The van der Waals surface area contributed by atoms with Gasteiger partial charge in [-0.3, -0.25) is 0 Å². The fourth-order valence-electron chi connectivity index (χ4n) is 1.70. The molecule has 2 nitrogen and oxygen atoms in total. The molecule has 2 aromatic rings. The van der Waals surface area contributed by atoms with Crippen LogP contribution in [0.1, 0.15) is 5.56 Å². The third-order valence-corrected chi connectivity index (χ3v) is 2.80. The number of nitrogens with two attached hydrogens (primary N) is 2. The second kappa shape index (κ2) is 4.25. The summed E-state index contributed by atoms with van der Waals surface area (Å²) in [5.74, 6) is -3.39. The summed E-state index contributed by atoms with van der Waals surface area (Å²) in [5.41, 5.74) is 10.4. The lowest BCUT2D eigenvalue weighted by molar-refractivity contribution is 0.500. The van der Waals surface area contributed by atoms with Crippen LogP contribution in [0.4, 0.5) is 24.5 Å². The van der Waals surface area contributed by atoms with Crippen molar-refractivity contribution in [3.05, 3.63) is 47.3 Å². The molecule has 0 aliphatic carbocycles. The Morgan fingerprint density at radius 1 is 0.833 bits per heavy atom. The highest BCUT2D eigenvalue weighted by Gasteiger charge is 2.22. The van der Waals surface area contributed by atoms with Gasteiger partial charge in [-0.1, -0.05) is 12.1 Å². The summed E-state index contributed by atoms with van der Waals surface area (Å²) in [5, 5.41) is 0. The van der Waals surface area contributed by atoms with Gasteiger partial charge in [0, 0.05) is 11.3 Å². The zero-order chi connectivity index (χ0) is 13.4. The molecule has 18 heavy (non-hydrogen) atoms. The van der Waals surface area contributed by atoms with E-state index in [1.54, 1.807) is 0 Å². The van der Waals surface area contributed by atoms with Crippen LogP contribution in [0.25, 0.3) is 11.1 Å². The molecule has 4 N–H and O–H groups in total. The van der Waals surface area contributed by atoms with Crippen molar-refractivity contribution in [2.24, 2.45) is 0 Å². The van der Waals surface area contributed by atoms with E-state index in [9.17, 15) is 13.2 Å². The Morgan fingerprint density at radius 2 is 1.39 bits per heavy atom. The lowest BCUT2D eigenvalue weighted by Crippen LogP contribution is -2.04. The largest absolute Gasteiger partial charge is 0.399 e. The highest BCUT2D eigenvalue weighted by molar-refractivity contribution is 5.71. The van der Waals surface area contributed by atoms with Crippen molar-refractivity contribution in [1.82, 2.24) is 0 Å². The second-order valence-corrected chi connectivity index (χ2v) is 3.98. The Labute approximate surface area is 102 Å². The maximum absolute atomic E-state index is 14.0. The second-order valence-electron chi connectivity index (χ2n) is 3.98. The van der Waals surface area contributed by atoms with Crippen molar-refractivity contribution in [2.45, 2.75) is 6.92 Å². The Kier molecular flexibility index (Phi) is 2.90. The van der Waals surface area contributed by atoms with Gasteiger partial charge in [0.2, 0.25) is 0 Å². The topological polar surface area (TPSA) is 52.0 Å². The Balaban J connectivity index is 2.75. The summed E-state index contributed by atoms with van der Waals surface area (Å²) in [6.07, 6.45) is 0. The molecule has 0 spiro atoms. The Morgan fingerprint density at radius 3 is 1.94 bits per heavy atom. The van der Waals surface area contributed by atoms with Crippen LogP contribution in [-0.2, 0) is 0 Å². The highest BCUT2D eigenvalue weighted by atomic mass is 19.2. The maximum atomic E-state index is 14.0. The van der Waals surface area contributed by atoms with E-state index in [4.69, 9.17) is 11.5 Å². The molecular weight excluding hydrogens is 241 g/mol. The average Bonchev–Trinajstić information content (AvgIpc) is 2.36. The summed E-state index contributed by atoms with van der Waals surface area (Å²) >= 11 is 0. The SMILES string of the molecule is Cc1c(N)c(F)c(F)c(-c2ccc(N)cc2)c1F. The molecule has 0 unspecified atom stereocenters. The van der Waals surface area contributed by atoms with Gasteiger partial charge in [0.15, 0.2) is 11.6 Å². The number of anilines is 2. The van der Waals surface area contributed by atoms with Crippen molar-refractivity contribution < 1.29 is 13.2 Å². The zero-order valence-electron chi connectivity index (χ0n) is 9.60. The molecule has 0 aliphatic rings. The number of hydrogen-bond acceptors (Lipinski definition) is 2. The molecule has 2 rings (SSSR count). The molecule has 0 saturated heterocycles. The number of benzene rings is 2. The van der Waals surface area contributed by atoms with Crippen molar-refractivity contribution in [3.63, 3.8) is 0 Å². The summed E-state index contributed by atoms with van der Waals surface area (Å²) in [6, 6.07) is 5.81. The minimum Gasteiger partial charge on any atom is -0.399 e. The first-order valence-corrected chi connectivity index (χ1v) is 5.22. The van der Waals surface area contributed by atoms with Crippen LogP contribution in [0, 0.1) is 24.4 Å². The van der Waals surface area contributed by atoms with Crippen LogP contribution in [-0.4, -0.2) is 0 Å². The highest BCUT2D eigenvalue weighted by Crippen LogP contribution is 2.33. The molecule has 0 radical (unpaired) electrons. The summed E-state index contributed by atoms with van der Waals surface area (Å²) in [4.78, 5) is 0. The van der Waals surface area contributed by atoms with Crippen LogP contribution >= 0.6 is 0 Å². The van der Waals surface area contributed by atoms with E-state index in [1.807, 2.05) is 0 Å². The fraction of sp³-hybridized carbons (Fsp3) is 0.0769. The van der Waals surface area contributed by atoms with Gasteiger partial charge < -0.3 is 11.5 Å². The number of rotatable bonds is 1. The quantitative estimate of drug-likeness (QED) is 0.604. The maximum Gasteiger partial charge on any atom is 0.182 e. The van der Waals surface area contributed by atoms with Crippen LogP contribution in [0.15, 0.2) is 24.3 Å². The van der Waals surface area contributed by atoms with E-state index in [0.717, 1.165) is 0 Å². The van der Waals surface area contributed by atoms with Gasteiger partial charge >= 0.3 is 0 Å². The molecule has 0 aromatic heterocycles. The third-order valence-electron chi connectivity index (χ3n) is 2.80. The predicted molar refractivity (Wildman–Crippen MR) is 65.3 cm³/mol. The molecule has 0 fully saturated rings. The van der Waals surface area contributed by atoms with E-state index >= 15 is 0 Å². The summed E-state index contributed by atoms with van der Waals surface area (Å²) in [6.45, 7) is 1.30. The van der Waals surface area contributed by atoms with Crippen LogP contribution < -0.4 is 11.5 Å². The molecule has 0 saturated carbocycles. The number of hydrogen-bond donors (Lipinski definition) is 2. The van der Waals surface area contributed by atoms with Crippen molar-refractivity contribution in [1.29, 1.82) is 0 Å². The number of nitrogen functional groups attached to an aromatic ring is 2. The van der Waals surface area contributed by atoms with Crippen molar-refractivity contribution in [3.8, 4) is 11.1 Å². The van der Waals surface area contributed by atoms with Crippen LogP contribution in [0.3, 0.4) is 0 Å². The lowest BCUT2D eigenvalue weighted by Gasteiger charge is -2.11. The predicted octanol–water partition coefficient (Wildman–Crippen LogP) is 3.24. The van der Waals surface area contributed by atoms with Gasteiger partial charge in [0.25, 0.3) is 0 Å². The number of halogens is 3. The van der Waals surface area contributed by atoms with E-state index in [2.05, 4.69) is 0 Å². The van der Waals surface area contributed by atoms with Gasteiger partial charge in [-0.2, -0.15) is 0 Å². The Bertz CT molecular complexity index is 578. The Hall–Kier alpha value is -2.17. The van der Waals surface area contributed by atoms with Crippen molar-refractivity contribution >= 4 is 11.4 Å². The molecule has 0 aliphatic heterocycles. The van der Waals surface area contributed by atoms with Gasteiger partial charge in [-0.05, 0) is 24.6 Å². The molecule has 0 heterocycles. The van der Waals surface area contributed by atoms with E-state index in [-0.39, 0.29) is 11.1 Å². The smallest absolute Gasteiger partial charge is 0.182 e. The molecule has 5 heteroatoms. The fourth-order valence-corrected chi connectivity index (χ4v) is 1.70. The lowest BCUT2D eigenvalue weighted by atomic mass is 10.00. The van der Waals surface area contributed by atoms with Crippen molar-refractivity contribution in [2.75, 3.05) is 11.5 Å². The van der Waals surface area contributed by atoms with Gasteiger partial charge in [-0.25, -0.2) is 13.2 Å². The molecule has 0 bridgehead atoms. The standard InChI is InChI=1S/C13H11F3N2/c1-6-10(14)9(11(15)12(16)13(6)18)7-2-4-8(17)5-3-7/h2-5H,17-18H2,1H3. The first-order chi connectivity index (χ1) is 8.43. The first-order valence-electron chi connectivity index (χ1n) is 5.22. The van der Waals surface area contributed by atoms with Crippen LogP contribution in [0.5, 0.6) is 0 Å². The normalized spacial score (nSPS) is 10.7. The molecule has 0 amide bonds. The van der Waals surface area contributed by atoms with E-state index in [0.29, 0.717) is 5.69 Å².